The van der Waals surface area contributed by atoms with Gasteiger partial charge in [-0.2, -0.15) is 0 Å². The van der Waals surface area contributed by atoms with E-state index in [0.717, 1.165) is 29.6 Å². The molecule has 28 heavy (non-hydrogen) atoms. The summed E-state index contributed by atoms with van der Waals surface area (Å²) >= 11 is 0. The van der Waals surface area contributed by atoms with Crippen molar-refractivity contribution in [1.29, 1.82) is 0 Å². The van der Waals surface area contributed by atoms with Gasteiger partial charge in [0.25, 0.3) is 0 Å². The van der Waals surface area contributed by atoms with Crippen LogP contribution in [0.2, 0.25) is 0 Å². The van der Waals surface area contributed by atoms with Gasteiger partial charge in [-0.25, -0.2) is 0 Å². The van der Waals surface area contributed by atoms with Crippen LogP contribution < -0.4 is 0 Å². The lowest BCUT2D eigenvalue weighted by atomic mass is 9.48. The van der Waals surface area contributed by atoms with Crippen molar-refractivity contribution in [3.05, 3.63) is 11.6 Å². The van der Waals surface area contributed by atoms with Crippen molar-refractivity contribution >= 4 is 0 Å². The Balaban J connectivity index is 0.00000127. The number of unbranched alkanes of at least 4 members (excludes halogenated alkanes) is 1. The van der Waals surface area contributed by atoms with E-state index in [-0.39, 0.29) is 4.70 Å². The summed E-state index contributed by atoms with van der Waals surface area (Å²) in [4.78, 5) is 0. The molecule has 0 aliphatic heterocycles. The highest BCUT2D eigenvalue weighted by atomic mass is 19.0. The lowest BCUT2D eigenvalue weighted by Gasteiger charge is -2.56. The zero-order valence-electron chi connectivity index (χ0n) is 20.4. The molecule has 0 aromatic heterocycles. The molecule has 2 fully saturated rings. The van der Waals surface area contributed by atoms with Gasteiger partial charge in [-0.15, -0.1) is 0 Å². The summed E-state index contributed by atoms with van der Waals surface area (Å²) in [6.07, 6.45) is 17.4. The topological polar surface area (TPSA) is 0 Å². The first-order valence-electron chi connectivity index (χ1n) is 12.5. The predicted molar refractivity (Wildman–Crippen MR) is 124 cm³/mol. The molecule has 0 spiro atoms. The van der Waals surface area contributed by atoms with E-state index in [4.69, 9.17) is 0 Å². The van der Waals surface area contributed by atoms with Crippen LogP contribution in [-0.4, -0.2) is 0 Å². The molecule has 166 valence electrons. The third-order valence-corrected chi connectivity index (χ3v) is 9.21. The highest BCUT2D eigenvalue weighted by molar-refractivity contribution is 5.20. The van der Waals surface area contributed by atoms with E-state index < -0.39 is 0 Å². The van der Waals surface area contributed by atoms with Crippen LogP contribution in [0.5, 0.6) is 0 Å². The summed E-state index contributed by atoms with van der Waals surface area (Å²) in [5, 5.41) is 0. The fraction of sp³-hybridized carbons (Fsp3) is 0.926. The molecule has 1 heteroatoms. The van der Waals surface area contributed by atoms with Crippen molar-refractivity contribution in [2.75, 3.05) is 0 Å². The second-order valence-electron chi connectivity index (χ2n) is 10.8. The van der Waals surface area contributed by atoms with Gasteiger partial charge in [0, 0.05) is 0 Å². The van der Waals surface area contributed by atoms with E-state index in [1.165, 1.54) is 64.2 Å². The minimum atomic E-state index is 0. The molecular weight excluding hydrogens is 343 g/mol. The van der Waals surface area contributed by atoms with Gasteiger partial charge < -0.3 is 0 Å². The molecule has 2 saturated carbocycles. The van der Waals surface area contributed by atoms with Gasteiger partial charge in [-0.1, -0.05) is 79.4 Å². The minimum Gasteiger partial charge on any atom is -0.269 e. The third kappa shape index (κ3) is 4.70. The normalized spacial score (nSPS) is 35.8. The average molecular weight is 395 g/mol. The highest BCUT2D eigenvalue weighted by Gasteiger charge is 2.57. The number of hydrogen-bond donors (Lipinski definition) is 0. The molecule has 3 rings (SSSR count). The van der Waals surface area contributed by atoms with E-state index in [1.54, 1.807) is 5.57 Å². The van der Waals surface area contributed by atoms with Gasteiger partial charge in [0.05, 0.1) is 0 Å². The molecule has 0 saturated heterocycles. The van der Waals surface area contributed by atoms with Gasteiger partial charge in [0.15, 0.2) is 0 Å². The summed E-state index contributed by atoms with van der Waals surface area (Å²) in [5.41, 5.74) is 2.81. The van der Waals surface area contributed by atoms with Crippen LogP contribution in [0.4, 0.5) is 4.70 Å². The number of rotatable bonds is 6. The van der Waals surface area contributed by atoms with Gasteiger partial charge in [-0.3, -0.25) is 4.70 Å². The third-order valence-electron chi connectivity index (χ3n) is 9.21. The summed E-state index contributed by atoms with van der Waals surface area (Å²) in [5.74, 6) is 4.86. The van der Waals surface area contributed by atoms with Crippen molar-refractivity contribution in [1.82, 2.24) is 0 Å². The van der Waals surface area contributed by atoms with Crippen LogP contribution in [0.1, 0.15) is 120 Å². The predicted octanol–water partition coefficient (Wildman–Crippen LogP) is 9.21. The zero-order valence-corrected chi connectivity index (χ0v) is 20.4. The molecule has 0 heterocycles. The Labute approximate surface area is 176 Å². The van der Waals surface area contributed by atoms with E-state index in [9.17, 15) is 0 Å². The fourth-order valence-corrected chi connectivity index (χ4v) is 7.40. The summed E-state index contributed by atoms with van der Waals surface area (Å²) < 4.78 is 0. The Hall–Kier alpha value is -0.330. The monoisotopic (exact) mass is 394 g/mol. The number of hydrogen-bond acceptors (Lipinski definition) is 0. The van der Waals surface area contributed by atoms with Crippen LogP contribution in [-0.2, 0) is 0 Å². The van der Waals surface area contributed by atoms with Crippen molar-refractivity contribution in [2.24, 2.45) is 40.4 Å². The Kier molecular flexibility index (Phi) is 9.75. The molecular formula is C27H51F. The zero-order chi connectivity index (χ0) is 20.2. The lowest BCUT2D eigenvalue weighted by Crippen LogP contribution is -2.48. The fourth-order valence-electron chi connectivity index (χ4n) is 7.40. The largest absolute Gasteiger partial charge is 0.269 e. The van der Waals surface area contributed by atoms with Gasteiger partial charge in [0.2, 0.25) is 0 Å². The SMILES string of the molecule is CC.CCC12CC[C@H]3[C@@H](CC=C(C)C3(C)C)[C@@H]1CC[C@@H]2CCCCC(C)C.F. The quantitative estimate of drug-likeness (QED) is 0.311. The van der Waals surface area contributed by atoms with Gasteiger partial charge in [0.1, 0.15) is 0 Å². The average Bonchev–Trinajstić information content (AvgIpc) is 3.02. The van der Waals surface area contributed by atoms with Crippen LogP contribution >= 0.6 is 0 Å². The lowest BCUT2D eigenvalue weighted by molar-refractivity contribution is -0.0437. The molecule has 3 aliphatic rings. The first-order valence-corrected chi connectivity index (χ1v) is 12.5. The summed E-state index contributed by atoms with van der Waals surface area (Å²) in [7, 11) is 0. The van der Waals surface area contributed by atoms with Crippen molar-refractivity contribution in [3.63, 3.8) is 0 Å². The van der Waals surface area contributed by atoms with Crippen molar-refractivity contribution < 1.29 is 4.70 Å². The van der Waals surface area contributed by atoms with E-state index in [1.807, 2.05) is 13.8 Å². The number of fused-ring (bicyclic) bond motifs is 3. The Morgan fingerprint density at radius 3 is 2.32 bits per heavy atom. The Bertz CT molecular complexity index is 488. The van der Waals surface area contributed by atoms with E-state index in [2.05, 4.69) is 47.6 Å². The molecule has 0 aromatic rings. The second-order valence-corrected chi connectivity index (χ2v) is 10.8. The smallest absolute Gasteiger partial charge is 0.0116 e. The molecule has 1 unspecified atom stereocenters. The van der Waals surface area contributed by atoms with E-state index >= 15 is 0 Å². The molecule has 0 aromatic carbocycles. The van der Waals surface area contributed by atoms with Crippen LogP contribution in [0.25, 0.3) is 0 Å². The molecule has 0 bridgehead atoms. The maximum atomic E-state index is 2.61. The number of allylic oxidation sites excluding steroid dienone is 2. The van der Waals surface area contributed by atoms with Crippen molar-refractivity contribution in [2.45, 2.75) is 120 Å². The molecule has 0 N–H and O–H groups in total. The first kappa shape index (κ1) is 25.7. The molecule has 5 atom stereocenters. The van der Waals surface area contributed by atoms with Gasteiger partial charge >= 0.3 is 0 Å². The molecule has 0 nitrogen and oxygen atoms in total. The Morgan fingerprint density at radius 2 is 1.71 bits per heavy atom. The minimum absolute atomic E-state index is 0. The standard InChI is InChI=1S/C25H44.C2H6.FH/c1-7-25-17-16-22-21(14-12-19(4)24(22,5)6)23(25)15-13-20(25)11-9-8-10-18(2)3;1-2;/h12,18,20-23H,7-11,13-17H2,1-6H3;1-2H3;1H/t20-,21+,22-,23-,25?;;/m0../s1. The maximum Gasteiger partial charge on any atom is -0.0116 e. The molecule has 3 aliphatic carbocycles. The molecule has 0 radical (unpaired) electrons. The van der Waals surface area contributed by atoms with Crippen LogP contribution in [0.3, 0.4) is 0 Å². The van der Waals surface area contributed by atoms with Crippen LogP contribution in [0.15, 0.2) is 11.6 Å². The van der Waals surface area contributed by atoms with E-state index in [0.29, 0.717) is 10.8 Å². The highest BCUT2D eigenvalue weighted by Crippen LogP contribution is 2.66. The molecule has 0 amide bonds. The van der Waals surface area contributed by atoms with Crippen LogP contribution in [0, 0.1) is 40.4 Å². The summed E-state index contributed by atoms with van der Waals surface area (Å²) in [6.45, 7) is 18.7. The van der Waals surface area contributed by atoms with Gasteiger partial charge in [-0.05, 0) is 92.3 Å². The maximum absolute atomic E-state index is 2.61. The summed E-state index contributed by atoms with van der Waals surface area (Å²) in [6, 6.07) is 0. The number of halogens is 1. The first-order chi connectivity index (χ1) is 12.8. The second kappa shape index (κ2) is 10.6. The van der Waals surface area contributed by atoms with Crippen molar-refractivity contribution in [3.8, 4) is 0 Å². The Morgan fingerprint density at radius 1 is 1.04 bits per heavy atom.